The maximum Gasteiger partial charge on any atom is 0.167 e. The van der Waals surface area contributed by atoms with Gasteiger partial charge in [-0.05, 0) is 37.1 Å². The Morgan fingerprint density at radius 1 is 1.19 bits per heavy atom. The number of nitrogens with zero attached hydrogens (tertiary/aromatic N) is 2. The van der Waals surface area contributed by atoms with Gasteiger partial charge in [0.15, 0.2) is 10.8 Å². The summed E-state index contributed by atoms with van der Waals surface area (Å²) in [5.74, 6) is 0.856. The Labute approximate surface area is 97.2 Å². The number of aromatic amines is 1. The number of rotatable bonds is 1. The van der Waals surface area contributed by atoms with Crippen LogP contribution >= 0.6 is 11.3 Å². The van der Waals surface area contributed by atoms with Crippen LogP contribution in [0.15, 0.2) is 23.7 Å². The summed E-state index contributed by atoms with van der Waals surface area (Å²) >= 11 is 1.59. The van der Waals surface area contributed by atoms with Crippen molar-refractivity contribution < 1.29 is 0 Å². The van der Waals surface area contributed by atoms with Crippen molar-refractivity contribution in [3.63, 3.8) is 0 Å². The third kappa shape index (κ3) is 1.42. The minimum atomic E-state index is 0.856. The zero-order chi connectivity index (χ0) is 11.1. The predicted molar refractivity (Wildman–Crippen MR) is 66.7 cm³/mol. The van der Waals surface area contributed by atoms with E-state index in [0.29, 0.717) is 0 Å². The molecule has 0 aliphatic rings. The van der Waals surface area contributed by atoms with Gasteiger partial charge in [-0.3, -0.25) is 0 Å². The summed E-state index contributed by atoms with van der Waals surface area (Å²) in [5.41, 5.74) is 4.63. The third-order valence-corrected chi connectivity index (χ3v) is 3.51. The van der Waals surface area contributed by atoms with Gasteiger partial charge in [0.25, 0.3) is 0 Å². The molecule has 2 heterocycles. The molecule has 0 aliphatic carbocycles. The summed E-state index contributed by atoms with van der Waals surface area (Å²) in [6.45, 7) is 4.21. The van der Waals surface area contributed by atoms with E-state index in [1.807, 2.05) is 5.38 Å². The number of fused-ring (bicyclic) bond motifs is 1. The molecular formula is C12H11N3S. The van der Waals surface area contributed by atoms with Gasteiger partial charge >= 0.3 is 0 Å². The van der Waals surface area contributed by atoms with Gasteiger partial charge < -0.3 is 4.98 Å². The third-order valence-electron chi connectivity index (χ3n) is 2.73. The molecule has 1 aromatic carbocycles. The molecule has 0 saturated heterocycles. The first kappa shape index (κ1) is 9.54. The first-order valence-electron chi connectivity index (χ1n) is 5.11. The minimum Gasteiger partial charge on any atom is -0.336 e. The van der Waals surface area contributed by atoms with E-state index in [9.17, 15) is 0 Å². The van der Waals surface area contributed by atoms with E-state index in [0.717, 1.165) is 21.9 Å². The van der Waals surface area contributed by atoms with Crippen LogP contribution in [-0.2, 0) is 0 Å². The molecule has 16 heavy (non-hydrogen) atoms. The lowest BCUT2D eigenvalue weighted by Gasteiger charge is -1.97. The molecule has 0 fully saturated rings. The highest BCUT2D eigenvalue weighted by Crippen LogP contribution is 2.23. The minimum absolute atomic E-state index is 0.856. The van der Waals surface area contributed by atoms with Gasteiger partial charge in [-0.1, -0.05) is 0 Å². The van der Waals surface area contributed by atoms with Crippen molar-refractivity contribution in [2.24, 2.45) is 0 Å². The van der Waals surface area contributed by atoms with Crippen LogP contribution in [0.4, 0.5) is 0 Å². The lowest BCUT2D eigenvalue weighted by atomic mass is 10.1. The van der Waals surface area contributed by atoms with E-state index in [4.69, 9.17) is 0 Å². The number of nitrogens with one attached hydrogen (secondary N) is 1. The maximum atomic E-state index is 4.55. The van der Waals surface area contributed by atoms with Crippen molar-refractivity contribution in [3.8, 4) is 10.8 Å². The summed E-state index contributed by atoms with van der Waals surface area (Å²) in [4.78, 5) is 12.1. The smallest absolute Gasteiger partial charge is 0.167 e. The van der Waals surface area contributed by atoms with Crippen molar-refractivity contribution in [2.45, 2.75) is 13.8 Å². The summed E-state index contributed by atoms with van der Waals surface area (Å²) < 4.78 is 0. The second-order valence-electron chi connectivity index (χ2n) is 3.88. The van der Waals surface area contributed by atoms with E-state index < -0.39 is 0 Å². The summed E-state index contributed by atoms with van der Waals surface area (Å²) in [6.07, 6.45) is 1.80. The number of aromatic nitrogens is 3. The Morgan fingerprint density at radius 2 is 2.00 bits per heavy atom. The van der Waals surface area contributed by atoms with Crippen molar-refractivity contribution in [2.75, 3.05) is 0 Å². The highest BCUT2D eigenvalue weighted by atomic mass is 32.1. The Kier molecular flexibility index (Phi) is 2.04. The molecule has 0 atom stereocenters. The highest BCUT2D eigenvalue weighted by molar-refractivity contribution is 7.13. The largest absolute Gasteiger partial charge is 0.336 e. The molecule has 3 aromatic rings. The summed E-state index contributed by atoms with van der Waals surface area (Å²) in [7, 11) is 0. The molecule has 4 heteroatoms. The second kappa shape index (κ2) is 3.42. The molecule has 3 rings (SSSR count). The van der Waals surface area contributed by atoms with Gasteiger partial charge in [-0.2, -0.15) is 0 Å². The molecule has 1 N–H and O–H groups in total. The standard InChI is InChI=1S/C12H11N3S/c1-7-5-9-10(6-8(7)2)15-11(14-9)12-13-3-4-16-12/h3-6H,1-2H3,(H,14,15). The van der Waals surface area contributed by atoms with Crippen LogP contribution in [0.1, 0.15) is 11.1 Å². The van der Waals surface area contributed by atoms with E-state index in [1.165, 1.54) is 11.1 Å². The molecule has 0 spiro atoms. The highest BCUT2D eigenvalue weighted by Gasteiger charge is 2.08. The zero-order valence-electron chi connectivity index (χ0n) is 9.11. The second-order valence-corrected chi connectivity index (χ2v) is 4.77. The van der Waals surface area contributed by atoms with Crippen LogP contribution in [0.5, 0.6) is 0 Å². The van der Waals surface area contributed by atoms with E-state index in [1.54, 1.807) is 17.5 Å². The van der Waals surface area contributed by atoms with Gasteiger partial charge in [0.05, 0.1) is 11.0 Å². The first-order valence-corrected chi connectivity index (χ1v) is 5.99. The normalized spacial score (nSPS) is 11.1. The molecule has 0 radical (unpaired) electrons. The Bertz CT molecular complexity index is 599. The Balaban J connectivity index is 2.23. The van der Waals surface area contributed by atoms with Crippen LogP contribution < -0.4 is 0 Å². The maximum absolute atomic E-state index is 4.55. The van der Waals surface area contributed by atoms with Crippen LogP contribution in [0.25, 0.3) is 21.9 Å². The Morgan fingerprint density at radius 3 is 2.75 bits per heavy atom. The molecule has 0 aliphatic heterocycles. The van der Waals surface area contributed by atoms with Crippen molar-refractivity contribution in [1.29, 1.82) is 0 Å². The Hall–Kier alpha value is -1.68. The molecule has 80 valence electrons. The summed E-state index contributed by atoms with van der Waals surface area (Å²) in [5, 5.41) is 2.89. The number of aryl methyl sites for hydroxylation is 2. The molecule has 2 aromatic heterocycles. The zero-order valence-corrected chi connectivity index (χ0v) is 9.93. The number of hydrogen-bond acceptors (Lipinski definition) is 3. The average molecular weight is 229 g/mol. The van der Waals surface area contributed by atoms with E-state index in [-0.39, 0.29) is 0 Å². The van der Waals surface area contributed by atoms with Crippen molar-refractivity contribution in [1.82, 2.24) is 15.0 Å². The fraction of sp³-hybridized carbons (Fsp3) is 0.167. The molecule has 0 saturated carbocycles. The van der Waals surface area contributed by atoms with Crippen molar-refractivity contribution in [3.05, 3.63) is 34.8 Å². The summed E-state index contributed by atoms with van der Waals surface area (Å²) in [6, 6.07) is 4.24. The SMILES string of the molecule is Cc1cc2nc(-c3nccs3)[nH]c2cc1C. The van der Waals surface area contributed by atoms with Gasteiger partial charge in [0, 0.05) is 11.6 Å². The topological polar surface area (TPSA) is 41.6 Å². The fourth-order valence-electron chi connectivity index (χ4n) is 1.71. The van der Waals surface area contributed by atoms with Crippen LogP contribution in [0, 0.1) is 13.8 Å². The number of benzene rings is 1. The monoisotopic (exact) mass is 229 g/mol. The molecule has 0 unspecified atom stereocenters. The van der Waals surface area contributed by atoms with E-state index >= 15 is 0 Å². The lowest BCUT2D eigenvalue weighted by Crippen LogP contribution is -1.79. The van der Waals surface area contributed by atoms with Gasteiger partial charge in [0.1, 0.15) is 0 Å². The lowest BCUT2D eigenvalue weighted by molar-refractivity contribution is 1.29. The molecule has 0 amide bonds. The first-order chi connectivity index (χ1) is 7.74. The predicted octanol–water partition coefficient (Wildman–Crippen LogP) is 3.30. The van der Waals surface area contributed by atoms with Crippen LogP contribution in [-0.4, -0.2) is 15.0 Å². The number of thiazole rings is 1. The van der Waals surface area contributed by atoms with Crippen LogP contribution in [0.2, 0.25) is 0 Å². The van der Waals surface area contributed by atoms with Gasteiger partial charge in [0.2, 0.25) is 0 Å². The average Bonchev–Trinajstić information content (AvgIpc) is 2.86. The van der Waals surface area contributed by atoms with E-state index in [2.05, 4.69) is 40.9 Å². The molecule has 3 nitrogen and oxygen atoms in total. The number of H-pyrrole nitrogens is 1. The number of hydrogen-bond donors (Lipinski definition) is 1. The number of imidazole rings is 1. The molecule has 0 bridgehead atoms. The fourth-order valence-corrected chi connectivity index (χ4v) is 2.29. The van der Waals surface area contributed by atoms with Crippen molar-refractivity contribution >= 4 is 22.4 Å². The molecular weight excluding hydrogens is 218 g/mol. The van der Waals surface area contributed by atoms with Crippen LogP contribution in [0.3, 0.4) is 0 Å². The van der Waals surface area contributed by atoms with Gasteiger partial charge in [-0.15, -0.1) is 11.3 Å². The van der Waals surface area contributed by atoms with Gasteiger partial charge in [-0.25, -0.2) is 9.97 Å². The quantitative estimate of drug-likeness (QED) is 0.695.